The summed E-state index contributed by atoms with van der Waals surface area (Å²) < 4.78 is 2.66. The first-order valence-corrected chi connectivity index (χ1v) is 5.45. The lowest BCUT2D eigenvalue weighted by atomic mass is 10.1. The highest BCUT2D eigenvalue weighted by molar-refractivity contribution is 9.10. The molecule has 0 amide bonds. The van der Waals surface area contributed by atoms with Crippen LogP contribution >= 0.6 is 15.9 Å². The zero-order valence-corrected chi connectivity index (χ0v) is 9.85. The van der Waals surface area contributed by atoms with Crippen LogP contribution in [0, 0.1) is 0 Å². The van der Waals surface area contributed by atoms with Gasteiger partial charge in [0.1, 0.15) is 0 Å². The van der Waals surface area contributed by atoms with Crippen molar-refractivity contribution < 1.29 is 5.11 Å². The van der Waals surface area contributed by atoms with Crippen molar-refractivity contribution in [1.29, 1.82) is 0 Å². The van der Waals surface area contributed by atoms with Crippen molar-refractivity contribution in [1.82, 2.24) is 9.78 Å². The van der Waals surface area contributed by atoms with Gasteiger partial charge < -0.3 is 5.11 Å². The summed E-state index contributed by atoms with van der Waals surface area (Å²) in [5, 5.41) is 13.8. The summed E-state index contributed by atoms with van der Waals surface area (Å²) in [4.78, 5) is 0. The third kappa shape index (κ3) is 2.11. The molecule has 78 valence electrons. The summed E-state index contributed by atoms with van der Waals surface area (Å²) in [6.07, 6.45) is 3.09. The molecule has 1 N–H and O–H groups in total. The number of aromatic nitrogens is 2. The minimum absolute atomic E-state index is 0.496. The summed E-state index contributed by atoms with van der Waals surface area (Å²) in [7, 11) is 0. The molecule has 3 nitrogen and oxygen atoms in total. The lowest BCUT2D eigenvalue weighted by Crippen LogP contribution is -2.02. The second-order valence-corrected chi connectivity index (χ2v) is 4.25. The molecule has 0 aliphatic carbocycles. The Hall–Kier alpha value is -1.13. The summed E-state index contributed by atoms with van der Waals surface area (Å²) in [5.74, 6) is 0. The predicted molar refractivity (Wildman–Crippen MR) is 61.9 cm³/mol. The van der Waals surface area contributed by atoms with E-state index >= 15 is 0 Å². The molecule has 0 radical (unpaired) electrons. The van der Waals surface area contributed by atoms with Crippen molar-refractivity contribution in [3.8, 4) is 5.69 Å². The fraction of sp³-hybridized carbons (Fsp3) is 0.182. The molecule has 0 aliphatic rings. The maximum absolute atomic E-state index is 9.62. The van der Waals surface area contributed by atoms with E-state index in [9.17, 15) is 5.11 Å². The second-order valence-electron chi connectivity index (χ2n) is 3.34. The molecule has 1 aromatic heterocycles. The van der Waals surface area contributed by atoms with E-state index in [2.05, 4.69) is 21.0 Å². The van der Waals surface area contributed by atoms with Gasteiger partial charge in [0.25, 0.3) is 0 Å². The molecular formula is C11H11BrN2O. The highest BCUT2D eigenvalue weighted by atomic mass is 79.9. The molecule has 0 saturated carbocycles. The Kier molecular flexibility index (Phi) is 2.88. The zero-order valence-electron chi connectivity index (χ0n) is 8.26. The Bertz CT molecular complexity index is 465. The van der Waals surface area contributed by atoms with Crippen LogP contribution in [0.5, 0.6) is 0 Å². The maximum atomic E-state index is 9.62. The number of para-hydroxylation sites is 1. The average Bonchev–Trinajstić information content (AvgIpc) is 2.65. The number of rotatable bonds is 2. The SMILES string of the molecule is CC(O)c1ccccc1-n1cc(Br)cn1. The number of benzene rings is 1. The third-order valence-electron chi connectivity index (χ3n) is 2.18. The van der Waals surface area contributed by atoms with Crippen LogP contribution in [-0.4, -0.2) is 14.9 Å². The molecule has 1 atom stereocenters. The first-order chi connectivity index (χ1) is 7.18. The molecule has 0 bridgehead atoms. The van der Waals surface area contributed by atoms with E-state index in [0.717, 1.165) is 15.7 Å². The summed E-state index contributed by atoms with van der Waals surface area (Å²) in [6, 6.07) is 7.66. The van der Waals surface area contributed by atoms with E-state index in [1.54, 1.807) is 17.8 Å². The number of hydrogen-bond donors (Lipinski definition) is 1. The maximum Gasteiger partial charge on any atom is 0.0782 e. The van der Waals surface area contributed by atoms with E-state index in [0.29, 0.717) is 0 Å². The van der Waals surface area contributed by atoms with E-state index in [4.69, 9.17) is 0 Å². The molecular weight excluding hydrogens is 256 g/mol. The fourth-order valence-electron chi connectivity index (χ4n) is 1.48. The molecule has 0 aliphatic heterocycles. The average molecular weight is 267 g/mol. The van der Waals surface area contributed by atoms with Crippen LogP contribution in [0.3, 0.4) is 0 Å². The Morgan fingerprint density at radius 1 is 1.40 bits per heavy atom. The molecule has 1 unspecified atom stereocenters. The van der Waals surface area contributed by atoms with Crippen LogP contribution in [-0.2, 0) is 0 Å². The van der Waals surface area contributed by atoms with Gasteiger partial charge >= 0.3 is 0 Å². The zero-order chi connectivity index (χ0) is 10.8. The highest BCUT2D eigenvalue weighted by Crippen LogP contribution is 2.21. The molecule has 2 rings (SSSR count). The van der Waals surface area contributed by atoms with Gasteiger partial charge in [-0.15, -0.1) is 0 Å². The van der Waals surface area contributed by atoms with Crippen LogP contribution in [0.25, 0.3) is 5.69 Å². The van der Waals surface area contributed by atoms with Crippen molar-refractivity contribution in [3.05, 3.63) is 46.7 Å². The smallest absolute Gasteiger partial charge is 0.0782 e. The van der Waals surface area contributed by atoms with Crippen molar-refractivity contribution in [3.63, 3.8) is 0 Å². The van der Waals surface area contributed by atoms with Crippen LogP contribution in [0.1, 0.15) is 18.6 Å². The van der Waals surface area contributed by atoms with Crippen molar-refractivity contribution in [2.24, 2.45) is 0 Å². The third-order valence-corrected chi connectivity index (χ3v) is 2.59. The van der Waals surface area contributed by atoms with Gasteiger partial charge in [-0.3, -0.25) is 0 Å². The van der Waals surface area contributed by atoms with Gasteiger partial charge in [-0.25, -0.2) is 4.68 Å². The van der Waals surface area contributed by atoms with Gasteiger partial charge in [0.05, 0.1) is 22.5 Å². The van der Waals surface area contributed by atoms with E-state index in [1.807, 2.05) is 30.5 Å². The van der Waals surface area contributed by atoms with Crippen molar-refractivity contribution in [2.45, 2.75) is 13.0 Å². The van der Waals surface area contributed by atoms with Crippen LogP contribution < -0.4 is 0 Å². The summed E-state index contributed by atoms with van der Waals surface area (Å²) in [6.45, 7) is 1.75. The minimum Gasteiger partial charge on any atom is -0.389 e. The minimum atomic E-state index is -0.496. The van der Waals surface area contributed by atoms with Gasteiger partial charge in [0.15, 0.2) is 0 Å². The molecule has 15 heavy (non-hydrogen) atoms. The second kappa shape index (κ2) is 4.16. The molecule has 2 aromatic rings. The predicted octanol–water partition coefficient (Wildman–Crippen LogP) is 2.69. The summed E-state index contributed by atoms with van der Waals surface area (Å²) >= 11 is 3.35. The molecule has 4 heteroatoms. The Balaban J connectivity index is 2.52. The van der Waals surface area contributed by atoms with Gasteiger partial charge in [0, 0.05) is 11.8 Å². The standard InChI is InChI=1S/C11H11BrN2O/c1-8(15)10-4-2-3-5-11(10)14-7-9(12)6-13-14/h2-8,15H,1H3. The first-order valence-electron chi connectivity index (χ1n) is 4.66. The fourth-order valence-corrected chi connectivity index (χ4v) is 1.77. The largest absolute Gasteiger partial charge is 0.389 e. The number of hydrogen-bond acceptors (Lipinski definition) is 2. The molecule has 0 saturated heterocycles. The highest BCUT2D eigenvalue weighted by Gasteiger charge is 2.09. The van der Waals surface area contributed by atoms with E-state index < -0.39 is 6.10 Å². The van der Waals surface area contributed by atoms with E-state index in [-0.39, 0.29) is 0 Å². The molecule has 1 aromatic carbocycles. The van der Waals surface area contributed by atoms with Gasteiger partial charge in [-0.2, -0.15) is 5.10 Å². The van der Waals surface area contributed by atoms with Gasteiger partial charge in [-0.05, 0) is 28.9 Å². The van der Waals surface area contributed by atoms with Crippen LogP contribution in [0.4, 0.5) is 0 Å². The van der Waals surface area contributed by atoms with Gasteiger partial charge in [-0.1, -0.05) is 18.2 Å². The first kappa shape index (κ1) is 10.4. The Morgan fingerprint density at radius 2 is 2.13 bits per heavy atom. The summed E-state index contributed by atoms with van der Waals surface area (Å²) in [5.41, 5.74) is 1.77. The molecule has 1 heterocycles. The van der Waals surface area contributed by atoms with Crippen LogP contribution in [0.15, 0.2) is 41.1 Å². The monoisotopic (exact) mass is 266 g/mol. The number of aliphatic hydroxyl groups excluding tert-OH is 1. The molecule has 0 spiro atoms. The molecule has 0 fully saturated rings. The van der Waals surface area contributed by atoms with E-state index in [1.165, 1.54) is 0 Å². The Morgan fingerprint density at radius 3 is 2.73 bits per heavy atom. The Labute approximate surface area is 96.5 Å². The normalized spacial score (nSPS) is 12.7. The topological polar surface area (TPSA) is 38.0 Å². The van der Waals surface area contributed by atoms with Gasteiger partial charge in [0.2, 0.25) is 0 Å². The lowest BCUT2D eigenvalue weighted by Gasteiger charge is -2.11. The van der Waals surface area contributed by atoms with Crippen molar-refractivity contribution >= 4 is 15.9 Å². The van der Waals surface area contributed by atoms with Crippen molar-refractivity contribution in [2.75, 3.05) is 0 Å². The number of halogens is 1. The van der Waals surface area contributed by atoms with Crippen LogP contribution in [0.2, 0.25) is 0 Å². The number of aliphatic hydroxyl groups is 1. The number of nitrogens with zero attached hydrogens (tertiary/aromatic N) is 2. The lowest BCUT2D eigenvalue weighted by molar-refractivity contribution is 0.199. The quantitative estimate of drug-likeness (QED) is 0.908.